The van der Waals surface area contributed by atoms with Gasteiger partial charge in [-0.05, 0) is 88.3 Å². The topological polar surface area (TPSA) is 107 Å². The first kappa shape index (κ1) is 28.1. The van der Waals surface area contributed by atoms with Crippen molar-refractivity contribution in [2.75, 3.05) is 13.2 Å². The summed E-state index contributed by atoms with van der Waals surface area (Å²) in [5.74, 6) is 0.985. The Balaban J connectivity index is 0.000000603. The van der Waals surface area contributed by atoms with E-state index >= 15 is 0 Å². The van der Waals surface area contributed by atoms with Crippen molar-refractivity contribution < 1.29 is 41.5 Å². The van der Waals surface area contributed by atoms with Crippen LogP contribution in [0.25, 0.3) is 0 Å². The van der Waals surface area contributed by atoms with E-state index in [0.29, 0.717) is 30.2 Å². The number of carboxylic acid groups (broad SMARTS) is 1. The first-order valence-corrected chi connectivity index (χ1v) is 10.6. The molecule has 10 radical (unpaired) electrons. The minimum Gasteiger partial charge on any atom is -0.493 e. The van der Waals surface area contributed by atoms with Crippen molar-refractivity contribution in [3.63, 3.8) is 0 Å². The van der Waals surface area contributed by atoms with Crippen molar-refractivity contribution in [1.29, 1.82) is 0 Å². The van der Waals surface area contributed by atoms with E-state index in [4.69, 9.17) is 14.6 Å². The second-order valence-electron chi connectivity index (χ2n) is 7.27. The molecule has 4 rings (SSSR count). The molecule has 0 unspecified atom stereocenters. The fourth-order valence-electron chi connectivity index (χ4n) is 3.03. The number of ether oxygens (including phenoxy) is 2. The molecule has 1 aromatic carbocycles. The minimum absolute atomic E-state index is 0. The van der Waals surface area contributed by atoms with E-state index in [1.165, 1.54) is 5.92 Å². The molecule has 0 aliphatic heterocycles. The van der Waals surface area contributed by atoms with E-state index in [1.54, 1.807) is 18.2 Å². The molecular formula is C25H27FeN3O5+2. The molecule has 2 aliphatic carbocycles. The predicted octanol–water partition coefficient (Wildman–Crippen LogP) is 2.67. The van der Waals surface area contributed by atoms with Crippen LogP contribution in [0.1, 0.15) is 17.7 Å². The van der Waals surface area contributed by atoms with E-state index < -0.39 is 12.6 Å². The second kappa shape index (κ2) is 15.7. The first-order valence-electron chi connectivity index (χ1n) is 10.6. The molecule has 2 aliphatic rings. The Hall–Kier alpha value is -2.09. The standard InChI is InChI=1S/C20H22N3O5.C5H5.Fe/c24-13-16-8-18(10-19(9-16)28-14-20(25)26)27-7-3-6-17-12-23(22-21-17)11-15-4-1-2-5-15;1-2-4-5-3-1;/h1-2,4-5,8-10,12,24H,3,6-7,11,13-14H2,(H,25,26);1-5H;/q;;+2. The quantitative estimate of drug-likeness (QED) is 0.357. The number of hydrogen-bond donors (Lipinski definition) is 2. The number of aryl methyl sites for hydroxylation is 1. The molecule has 178 valence electrons. The molecular weight excluding hydrogens is 478 g/mol. The van der Waals surface area contributed by atoms with Gasteiger partial charge in [0.05, 0.1) is 18.9 Å². The van der Waals surface area contributed by atoms with E-state index in [2.05, 4.69) is 10.3 Å². The molecule has 0 atom stereocenters. The van der Waals surface area contributed by atoms with Gasteiger partial charge < -0.3 is 19.7 Å². The van der Waals surface area contributed by atoms with E-state index in [-0.39, 0.29) is 23.7 Å². The van der Waals surface area contributed by atoms with Gasteiger partial charge in [-0.3, -0.25) is 4.68 Å². The van der Waals surface area contributed by atoms with Crippen LogP contribution in [0, 0.1) is 63.7 Å². The second-order valence-corrected chi connectivity index (χ2v) is 7.27. The molecule has 1 aromatic heterocycles. The molecule has 0 saturated heterocycles. The van der Waals surface area contributed by atoms with Gasteiger partial charge in [0.2, 0.25) is 0 Å². The fourth-order valence-corrected chi connectivity index (χ4v) is 3.03. The normalized spacial score (nSPS) is 15.3. The third-order valence-electron chi connectivity index (χ3n) is 4.55. The minimum atomic E-state index is -1.07. The molecule has 9 heteroatoms. The van der Waals surface area contributed by atoms with Crippen molar-refractivity contribution in [2.45, 2.75) is 26.0 Å². The zero-order chi connectivity index (χ0) is 23.3. The SMILES string of the molecule is O=C(O)COc1cc(CO)cc(OCCCc2cn(C[C]3[CH][CH][CH][CH]3)nn2)c1.[CH]1[CH][CH][CH][CH]1.[Fe+2]. The van der Waals surface area contributed by atoms with Crippen molar-refractivity contribution in [3.05, 3.63) is 99.4 Å². The van der Waals surface area contributed by atoms with E-state index in [9.17, 15) is 9.90 Å². The van der Waals surface area contributed by atoms with Crippen LogP contribution in [-0.4, -0.2) is 44.4 Å². The Labute approximate surface area is 212 Å². The molecule has 2 saturated carbocycles. The number of aliphatic hydroxyl groups is 1. The van der Waals surface area contributed by atoms with Crippen LogP contribution >= 0.6 is 0 Å². The number of nitrogens with zero attached hydrogens (tertiary/aromatic N) is 3. The number of carboxylic acids is 1. The maximum absolute atomic E-state index is 10.6. The smallest absolute Gasteiger partial charge is 0.493 e. The number of aliphatic carboxylic acids is 1. The number of rotatable bonds is 11. The summed E-state index contributed by atoms with van der Waals surface area (Å²) in [4.78, 5) is 10.6. The van der Waals surface area contributed by atoms with Crippen LogP contribution in [-0.2, 0) is 41.4 Å². The Morgan fingerprint density at radius 2 is 1.59 bits per heavy atom. The van der Waals surface area contributed by atoms with Crippen LogP contribution in [0.2, 0.25) is 0 Å². The molecule has 8 nitrogen and oxygen atoms in total. The van der Waals surface area contributed by atoms with Crippen molar-refractivity contribution >= 4 is 5.97 Å². The Kier molecular flexibility index (Phi) is 13.0. The molecule has 34 heavy (non-hydrogen) atoms. The Morgan fingerprint density at radius 3 is 2.21 bits per heavy atom. The zero-order valence-electron chi connectivity index (χ0n) is 18.6. The summed E-state index contributed by atoms with van der Waals surface area (Å²) in [6.45, 7) is 0.508. The van der Waals surface area contributed by atoms with Crippen molar-refractivity contribution in [1.82, 2.24) is 15.0 Å². The van der Waals surface area contributed by atoms with Gasteiger partial charge in [0, 0.05) is 24.7 Å². The Bertz CT molecular complexity index is 843. The number of aliphatic hydroxyl groups excluding tert-OH is 1. The van der Waals surface area contributed by atoms with Crippen LogP contribution in [0.3, 0.4) is 0 Å². The van der Waals surface area contributed by atoms with E-state index in [0.717, 1.165) is 18.5 Å². The van der Waals surface area contributed by atoms with Gasteiger partial charge >= 0.3 is 23.0 Å². The third-order valence-corrected chi connectivity index (χ3v) is 4.55. The number of carbonyl (C=O) groups is 1. The molecule has 2 N–H and O–H groups in total. The predicted molar refractivity (Wildman–Crippen MR) is 121 cm³/mol. The van der Waals surface area contributed by atoms with Gasteiger partial charge in [-0.25, -0.2) is 4.79 Å². The monoisotopic (exact) mass is 505 g/mol. The number of benzene rings is 1. The summed E-state index contributed by atoms with van der Waals surface area (Å²) in [5.41, 5.74) is 1.48. The molecule has 1 heterocycles. The van der Waals surface area contributed by atoms with E-state index in [1.807, 2.05) is 68.7 Å². The van der Waals surface area contributed by atoms with Crippen LogP contribution in [0.5, 0.6) is 11.5 Å². The van der Waals surface area contributed by atoms with Crippen LogP contribution in [0.15, 0.2) is 24.4 Å². The van der Waals surface area contributed by atoms with Crippen molar-refractivity contribution in [2.24, 2.45) is 0 Å². The summed E-state index contributed by atoms with van der Waals surface area (Å²) >= 11 is 0. The summed E-state index contributed by atoms with van der Waals surface area (Å²) in [6, 6.07) is 4.89. The first-order chi connectivity index (χ1) is 16.1. The fraction of sp³-hybridized carbons (Fsp3) is 0.240. The molecule has 0 bridgehead atoms. The summed E-state index contributed by atoms with van der Waals surface area (Å²) in [6.07, 6.45) is 21.5. The van der Waals surface area contributed by atoms with Gasteiger partial charge in [-0.1, -0.05) is 5.21 Å². The van der Waals surface area contributed by atoms with Gasteiger partial charge in [0.15, 0.2) is 6.61 Å². The molecule has 0 amide bonds. The van der Waals surface area contributed by atoms with Gasteiger partial charge in [-0.15, -0.1) is 5.10 Å². The van der Waals surface area contributed by atoms with Crippen LogP contribution < -0.4 is 9.47 Å². The zero-order valence-corrected chi connectivity index (χ0v) is 19.7. The average Bonchev–Trinajstić information content (AvgIpc) is 3.60. The average molecular weight is 505 g/mol. The van der Waals surface area contributed by atoms with Crippen molar-refractivity contribution in [3.8, 4) is 11.5 Å². The van der Waals surface area contributed by atoms with Gasteiger partial charge in [-0.2, -0.15) is 0 Å². The largest absolute Gasteiger partial charge is 2.00 e. The maximum Gasteiger partial charge on any atom is 2.00 e. The van der Waals surface area contributed by atoms with Crippen LogP contribution in [0.4, 0.5) is 0 Å². The molecule has 0 spiro atoms. The third kappa shape index (κ3) is 10.4. The number of aromatic nitrogens is 3. The number of hydrogen-bond acceptors (Lipinski definition) is 6. The van der Waals surface area contributed by atoms with Gasteiger partial charge in [0.25, 0.3) is 0 Å². The van der Waals surface area contributed by atoms with Gasteiger partial charge in [0.1, 0.15) is 11.5 Å². The Morgan fingerprint density at radius 1 is 0.941 bits per heavy atom. The summed E-state index contributed by atoms with van der Waals surface area (Å²) in [7, 11) is 0. The summed E-state index contributed by atoms with van der Waals surface area (Å²) < 4.78 is 12.7. The molecule has 2 fully saturated rings. The summed E-state index contributed by atoms with van der Waals surface area (Å²) in [5, 5.41) is 26.3. The molecule has 2 aromatic rings. The maximum atomic E-state index is 10.6.